The van der Waals surface area contributed by atoms with Gasteiger partial charge in [0.15, 0.2) is 17.4 Å². The van der Waals surface area contributed by atoms with Crippen LogP contribution in [0.3, 0.4) is 0 Å². The maximum absolute atomic E-state index is 13.1. The van der Waals surface area contributed by atoms with Crippen LogP contribution in [0.25, 0.3) is 6.08 Å². The summed E-state index contributed by atoms with van der Waals surface area (Å²) in [5.74, 6) is -1.64. The molecule has 120 valence electrons. The van der Waals surface area contributed by atoms with Crippen LogP contribution in [-0.2, 0) is 0 Å². The molecule has 0 N–H and O–H groups in total. The van der Waals surface area contributed by atoms with Crippen molar-refractivity contribution in [1.82, 2.24) is 0 Å². The maximum atomic E-state index is 13.1. The lowest BCUT2D eigenvalue weighted by Crippen LogP contribution is -2.00. The van der Waals surface area contributed by atoms with Crippen LogP contribution in [0, 0.1) is 11.6 Å². The van der Waals surface area contributed by atoms with E-state index in [1.165, 1.54) is 44.6 Å². The molecule has 0 fully saturated rings. The van der Waals surface area contributed by atoms with Gasteiger partial charge in [-0.05, 0) is 29.8 Å². The molecular formula is C17H13ClF2O3. The summed E-state index contributed by atoms with van der Waals surface area (Å²) in [6.07, 6.45) is 2.61. The molecule has 2 aromatic carbocycles. The Morgan fingerprint density at radius 1 is 1.04 bits per heavy atom. The minimum Gasteiger partial charge on any atom is -0.496 e. The van der Waals surface area contributed by atoms with Crippen LogP contribution in [0.5, 0.6) is 11.5 Å². The molecule has 0 saturated heterocycles. The fourth-order valence-corrected chi connectivity index (χ4v) is 2.17. The summed E-state index contributed by atoms with van der Waals surface area (Å²) in [6.45, 7) is 0. The Kier molecular flexibility index (Phi) is 5.34. The number of ketones is 1. The molecule has 0 bridgehead atoms. The molecule has 0 amide bonds. The topological polar surface area (TPSA) is 35.5 Å². The van der Waals surface area contributed by atoms with Crippen molar-refractivity contribution < 1.29 is 23.0 Å². The minimum absolute atomic E-state index is 0.233. The van der Waals surface area contributed by atoms with E-state index in [9.17, 15) is 13.6 Å². The Hall–Kier alpha value is -2.40. The highest BCUT2D eigenvalue weighted by Gasteiger charge is 2.14. The normalized spacial score (nSPS) is 10.8. The summed E-state index contributed by atoms with van der Waals surface area (Å²) < 4.78 is 36.2. The van der Waals surface area contributed by atoms with Crippen molar-refractivity contribution in [3.63, 3.8) is 0 Å². The minimum atomic E-state index is -0.982. The van der Waals surface area contributed by atoms with Gasteiger partial charge in [-0.2, -0.15) is 0 Å². The van der Waals surface area contributed by atoms with Crippen LogP contribution >= 0.6 is 11.6 Å². The zero-order valence-electron chi connectivity index (χ0n) is 12.4. The van der Waals surface area contributed by atoms with Crippen molar-refractivity contribution in [3.05, 3.63) is 64.2 Å². The van der Waals surface area contributed by atoms with Gasteiger partial charge in [0.05, 0.1) is 24.8 Å². The zero-order valence-corrected chi connectivity index (χ0v) is 13.2. The van der Waals surface area contributed by atoms with Crippen LogP contribution in [-0.4, -0.2) is 20.0 Å². The predicted molar refractivity (Wildman–Crippen MR) is 84.3 cm³/mol. The molecule has 0 heterocycles. The van der Waals surface area contributed by atoms with E-state index in [2.05, 4.69) is 0 Å². The number of carbonyl (C=O) groups excluding carboxylic acids is 1. The smallest absolute Gasteiger partial charge is 0.189 e. The van der Waals surface area contributed by atoms with Gasteiger partial charge < -0.3 is 9.47 Å². The van der Waals surface area contributed by atoms with Crippen molar-refractivity contribution in [2.24, 2.45) is 0 Å². The van der Waals surface area contributed by atoms with Crippen molar-refractivity contribution >= 4 is 23.5 Å². The van der Waals surface area contributed by atoms with Crippen LogP contribution in [0.2, 0.25) is 5.02 Å². The Balaban J connectivity index is 2.31. The summed E-state index contributed by atoms with van der Waals surface area (Å²) in [5, 5.41) is 0.262. The number of rotatable bonds is 5. The molecule has 2 rings (SSSR count). The number of methoxy groups -OCH3 is 2. The molecule has 0 aliphatic heterocycles. The first kappa shape index (κ1) is 17.0. The number of hydrogen-bond donors (Lipinski definition) is 0. The van der Waals surface area contributed by atoms with Crippen molar-refractivity contribution in [2.75, 3.05) is 14.2 Å². The Morgan fingerprint density at radius 3 is 2.35 bits per heavy atom. The van der Waals surface area contributed by atoms with E-state index in [0.717, 1.165) is 12.1 Å². The largest absolute Gasteiger partial charge is 0.496 e. The lowest BCUT2D eigenvalue weighted by molar-refractivity contribution is 0.104. The van der Waals surface area contributed by atoms with Crippen LogP contribution < -0.4 is 9.47 Å². The second kappa shape index (κ2) is 7.24. The molecule has 0 aliphatic carbocycles. The molecule has 0 radical (unpaired) electrons. The van der Waals surface area contributed by atoms with E-state index < -0.39 is 17.4 Å². The molecule has 23 heavy (non-hydrogen) atoms. The second-order valence-electron chi connectivity index (χ2n) is 4.56. The lowest BCUT2D eigenvalue weighted by atomic mass is 10.1. The highest BCUT2D eigenvalue weighted by molar-refractivity contribution is 6.32. The molecule has 0 spiro atoms. The van der Waals surface area contributed by atoms with Gasteiger partial charge in [-0.3, -0.25) is 4.79 Å². The molecule has 0 aliphatic rings. The summed E-state index contributed by atoms with van der Waals surface area (Å²) in [5.41, 5.74) is 0.591. The van der Waals surface area contributed by atoms with E-state index in [0.29, 0.717) is 17.1 Å². The van der Waals surface area contributed by atoms with E-state index in [1.807, 2.05) is 0 Å². The SMILES string of the molecule is COc1cc(OC)c(C(=O)/C=C/c2ccc(F)c(F)c2)cc1Cl. The highest BCUT2D eigenvalue weighted by atomic mass is 35.5. The third-order valence-electron chi connectivity index (χ3n) is 3.11. The number of allylic oxidation sites excluding steroid dienone is 1. The van der Waals surface area contributed by atoms with E-state index in [4.69, 9.17) is 21.1 Å². The van der Waals surface area contributed by atoms with Gasteiger partial charge in [0.25, 0.3) is 0 Å². The maximum Gasteiger partial charge on any atom is 0.189 e. The average Bonchev–Trinajstić information content (AvgIpc) is 2.55. The number of hydrogen-bond acceptors (Lipinski definition) is 3. The third kappa shape index (κ3) is 3.87. The van der Waals surface area contributed by atoms with Gasteiger partial charge in [-0.15, -0.1) is 0 Å². The zero-order chi connectivity index (χ0) is 17.0. The standard InChI is InChI=1S/C17H13ClF2O3/c1-22-16-9-17(23-2)12(18)8-11(16)15(21)6-4-10-3-5-13(19)14(20)7-10/h3-9H,1-2H3/b6-4+. The van der Waals surface area contributed by atoms with Gasteiger partial charge in [0.1, 0.15) is 11.5 Å². The predicted octanol–water partition coefficient (Wildman–Crippen LogP) is 4.53. The molecular weight excluding hydrogens is 326 g/mol. The Bertz CT molecular complexity index is 773. The van der Waals surface area contributed by atoms with Crippen molar-refractivity contribution in [1.29, 1.82) is 0 Å². The van der Waals surface area contributed by atoms with Gasteiger partial charge in [0, 0.05) is 6.07 Å². The highest BCUT2D eigenvalue weighted by Crippen LogP contribution is 2.33. The van der Waals surface area contributed by atoms with Crippen LogP contribution in [0.15, 0.2) is 36.4 Å². The number of benzene rings is 2. The first-order valence-electron chi connectivity index (χ1n) is 6.55. The molecule has 0 atom stereocenters. The fourth-order valence-electron chi connectivity index (χ4n) is 1.93. The van der Waals surface area contributed by atoms with Gasteiger partial charge in [-0.1, -0.05) is 23.7 Å². The summed E-state index contributed by atoms with van der Waals surface area (Å²) in [6, 6.07) is 6.28. The van der Waals surface area contributed by atoms with Gasteiger partial charge in [0.2, 0.25) is 0 Å². The van der Waals surface area contributed by atoms with Crippen LogP contribution in [0.4, 0.5) is 8.78 Å². The van der Waals surface area contributed by atoms with E-state index in [1.54, 1.807) is 0 Å². The van der Waals surface area contributed by atoms with Gasteiger partial charge >= 0.3 is 0 Å². The lowest BCUT2D eigenvalue weighted by Gasteiger charge is -2.10. The fraction of sp³-hybridized carbons (Fsp3) is 0.118. The van der Waals surface area contributed by atoms with Crippen molar-refractivity contribution in [3.8, 4) is 11.5 Å². The molecule has 6 heteroatoms. The second-order valence-corrected chi connectivity index (χ2v) is 4.97. The average molecular weight is 339 g/mol. The Morgan fingerprint density at radius 2 is 1.74 bits per heavy atom. The van der Waals surface area contributed by atoms with Crippen molar-refractivity contribution in [2.45, 2.75) is 0 Å². The summed E-state index contributed by atoms with van der Waals surface area (Å²) in [4.78, 5) is 12.3. The van der Waals surface area contributed by atoms with Crippen LogP contribution in [0.1, 0.15) is 15.9 Å². The van der Waals surface area contributed by atoms with E-state index >= 15 is 0 Å². The first-order valence-corrected chi connectivity index (χ1v) is 6.93. The monoisotopic (exact) mass is 338 g/mol. The summed E-state index contributed by atoms with van der Waals surface area (Å²) in [7, 11) is 2.86. The van der Waals surface area contributed by atoms with E-state index in [-0.39, 0.29) is 10.6 Å². The number of carbonyl (C=O) groups is 1. The Labute approximate surface area is 137 Å². The number of ether oxygens (including phenoxy) is 2. The molecule has 0 saturated carbocycles. The number of halogens is 3. The quantitative estimate of drug-likeness (QED) is 0.593. The first-order chi connectivity index (χ1) is 11.0. The van der Waals surface area contributed by atoms with Gasteiger partial charge in [-0.25, -0.2) is 8.78 Å². The molecule has 0 unspecified atom stereocenters. The molecule has 0 aromatic heterocycles. The third-order valence-corrected chi connectivity index (χ3v) is 3.41. The molecule has 2 aromatic rings. The molecule has 3 nitrogen and oxygen atoms in total. The summed E-state index contributed by atoms with van der Waals surface area (Å²) >= 11 is 6.01.